The molecule has 0 saturated carbocycles. The van der Waals surface area contributed by atoms with Crippen LogP contribution >= 0.6 is 11.6 Å². The van der Waals surface area contributed by atoms with Crippen molar-refractivity contribution in [2.45, 2.75) is 19.4 Å². The van der Waals surface area contributed by atoms with Gasteiger partial charge in [-0.25, -0.2) is 9.18 Å². The van der Waals surface area contributed by atoms with Crippen LogP contribution in [0.4, 0.5) is 17.6 Å². The molecule has 3 rings (SSSR count). The normalized spacial score (nSPS) is 11.5. The monoisotopic (exact) mass is 428 g/mol. The van der Waals surface area contributed by atoms with Crippen LogP contribution in [0.1, 0.15) is 11.1 Å². The van der Waals surface area contributed by atoms with E-state index in [4.69, 9.17) is 11.6 Å². The smallest absolute Gasteiger partial charge is 0.344 e. The molecule has 0 aliphatic rings. The second-order valence-electron chi connectivity index (χ2n) is 5.99. The average Bonchev–Trinajstić information content (AvgIpc) is 3.07. The summed E-state index contributed by atoms with van der Waals surface area (Å²) in [6.07, 6.45) is -4.99. The summed E-state index contributed by atoms with van der Waals surface area (Å²) in [7, 11) is 0. The molecule has 0 aliphatic heterocycles. The Morgan fingerprint density at radius 1 is 1.14 bits per heavy atom. The predicted molar refractivity (Wildman–Crippen MR) is 97.3 cm³/mol. The van der Waals surface area contributed by atoms with Crippen molar-refractivity contribution >= 4 is 17.5 Å². The van der Waals surface area contributed by atoms with Gasteiger partial charge in [0.25, 0.3) is 0 Å². The van der Waals surface area contributed by atoms with Crippen molar-refractivity contribution in [3.05, 3.63) is 69.1 Å². The molecule has 1 amide bonds. The zero-order valence-corrected chi connectivity index (χ0v) is 15.3. The molecule has 0 radical (unpaired) electrons. The Bertz CT molecular complexity index is 1090. The van der Waals surface area contributed by atoms with Gasteiger partial charge < -0.3 is 5.32 Å². The third kappa shape index (κ3) is 4.65. The molecule has 1 aromatic heterocycles. The standard InChI is InChI=1S/C18H13ClF4N4O2/c19-14-6-3-11(9-24-16(28)18(21,22)23)7-13(14)15-25-17(29)27(26-15)12-4-1-10(8-20)2-5-12/h1-7H,8-9H2,(H,24,28)(H,25,26,29). The summed E-state index contributed by atoms with van der Waals surface area (Å²) in [4.78, 5) is 25.7. The van der Waals surface area contributed by atoms with E-state index in [0.717, 1.165) is 4.68 Å². The van der Waals surface area contributed by atoms with Gasteiger partial charge in [0.15, 0.2) is 5.82 Å². The van der Waals surface area contributed by atoms with E-state index in [1.54, 1.807) is 5.32 Å². The number of nitrogens with one attached hydrogen (secondary N) is 2. The van der Waals surface area contributed by atoms with E-state index in [9.17, 15) is 27.2 Å². The minimum Gasteiger partial charge on any atom is -0.344 e. The Morgan fingerprint density at radius 2 is 1.79 bits per heavy atom. The van der Waals surface area contributed by atoms with Gasteiger partial charge in [0, 0.05) is 12.1 Å². The third-order valence-corrected chi connectivity index (χ3v) is 4.28. The molecule has 0 atom stereocenters. The van der Waals surface area contributed by atoms with Crippen LogP contribution in [0.5, 0.6) is 0 Å². The van der Waals surface area contributed by atoms with Crippen LogP contribution in [0, 0.1) is 0 Å². The first-order valence-electron chi connectivity index (χ1n) is 8.17. The highest BCUT2D eigenvalue weighted by molar-refractivity contribution is 6.33. The van der Waals surface area contributed by atoms with E-state index in [1.165, 1.54) is 42.5 Å². The number of rotatable bonds is 5. The molecule has 0 bridgehead atoms. The number of aromatic nitrogens is 3. The largest absolute Gasteiger partial charge is 0.471 e. The lowest BCUT2D eigenvalue weighted by molar-refractivity contribution is -0.173. The van der Waals surface area contributed by atoms with Gasteiger partial charge in [-0.15, -0.1) is 5.10 Å². The molecule has 0 spiro atoms. The van der Waals surface area contributed by atoms with Crippen molar-refractivity contribution < 1.29 is 22.4 Å². The fraction of sp³-hybridized carbons (Fsp3) is 0.167. The SMILES string of the molecule is O=C(NCc1ccc(Cl)c(-c2nn(-c3ccc(CF)cc3)c(=O)[nH]2)c1)C(F)(F)F. The van der Waals surface area contributed by atoms with E-state index in [2.05, 4.69) is 10.1 Å². The van der Waals surface area contributed by atoms with Crippen molar-refractivity contribution in [1.82, 2.24) is 20.1 Å². The van der Waals surface area contributed by atoms with Crippen LogP contribution in [0.25, 0.3) is 17.1 Å². The maximum Gasteiger partial charge on any atom is 0.471 e. The molecular formula is C18H13ClF4N4O2. The van der Waals surface area contributed by atoms with Crippen molar-refractivity contribution in [1.29, 1.82) is 0 Å². The highest BCUT2D eigenvalue weighted by atomic mass is 35.5. The first-order valence-corrected chi connectivity index (χ1v) is 8.55. The quantitative estimate of drug-likeness (QED) is 0.610. The van der Waals surface area contributed by atoms with E-state index in [1.807, 2.05) is 0 Å². The maximum atomic E-state index is 12.6. The lowest BCUT2D eigenvalue weighted by Gasteiger charge is -2.09. The van der Waals surface area contributed by atoms with Crippen LogP contribution < -0.4 is 11.0 Å². The summed E-state index contributed by atoms with van der Waals surface area (Å²) in [6.45, 7) is -1.04. The number of halogens is 5. The second-order valence-corrected chi connectivity index (χ2v) is 6.39. The number of hydrogen-bond donors (Lipinski definition) is 2. The van der Waals surface area contributed by atoms with E-state index in [-0.39, 0.29) is 16.4 Å². The average molecular weight is 429 g/mol. The number of aromatic amines is 1. The molecular weight excluding hydrogens is 416 g/mol. The molecule has 6 nitrogen and oxygen atoms in total. The van der Waals surface area contributed by atoms with Gasteiger partial charge in [0.05, 0.1) is 10.7 Å². The minimum absolute atomic E-state index is 0.0820. The van der Waals surface area contributed by atoms with Gasteiger partial charge >= 0.3 is 17.8 Å². The first-order chi connectivity index (χ1) is 13.7. The number of H-pyrrole nitrogens is 1. The van der Waals surface area contributed by atoms with Gasteiger partial charge in [-0.1, -0.05) is 29.8 Å². The molecule has 29 heavy (non-hydrogen) atoms. The number of nitrogens with zero attached hydrogens (tertiary/aromatic N) is 2. The number of carbonyl (C=O) groups excluding carboxylic acids is 1. The van der Waals surface area contributed by atoms with Gasteiger partial charge in [-0.3, -0.25) is 9.78 Å². The van der Waals surface area contributed by atoms with E-state index >= 15 is 0 Å². The Kier molecular flexibility index (Phi) is 5.73. The molecule has 11 heteroatoms. The molecule has 3 aromatic rings. The highest BCUT2D eigenvalue weighted by Crippen LogP contribution is 2.26. The molecule has 0 aliphatic carbocycles. The number of amides is 1. The lowest BCUT2D eigenvalue weighted by atomic mass is 10.1. The van der Waals surface area contributed by atoms with Crippen molar-refractivity contribution in [3.63, 3.8) is 0 Å². The maximum absolute atomic E-state index is 12.6. The molecule has 1 heterocycles. The zero-order chi connectivity index (χ0) is 21.2. The molecule has 0 fully saturated rings. The van der Waals surface area contributed by atoms with Crippen LogP contribution in [0.2, 0.25) is 5.02 Å². The molecule has 2 aromatic carbocycles. The fourth-order valence-electron chi connectivity index (χ4n) is 2.49. The van der Waals surface area contributed by atoms with Crippen molar-refractivity contribution in [2.75, 3.05) is 0 Å². The lowest BCUT2D eigenvalue weighted by Crippen LogP contribution is -2.36. The molecule has 2 N–H and O–H groups in total. The third-order valence-electron chi connectivity index (χ3n) is 3.95. The number of carbonyl (C=O) groups is 1. The van der Waals surface area contributed by atoms with E-state index in [0.29, 0.717) is 16.8 Å². The van der Waals surface area contributed by atoms with Gasteiger partial charge in [0.1, 0.15) is 6.67 Å². The predicted octanol–water partition coefficient (Wildman–Crippen LogP) is 3.53. The minimum atomic E-state index is -4.99. The molecule has 0 saturated heterocycles. The Morgan fingerprint density at radius 3 is 2.41 bits per heavy atom. The van der Waals surface area contributed by atoms with Crippen LogP contribution in [-0.4, -0.2) is 26.8 Å². The van der Waals surface area contributed by atoms with Gasteiger partial charge in [0.2, 0.25) is 0 Å². The fourth-order valence-corrected chi connectivity index (χ4v) is 2.70. The van der Waals surface area contributed by atoms with E-state index < -0.39 is 31.0 Å². The summed E-state index contributed by atoms with van der Waals surface area (Å²) in [5.74, 6) is -1.98. The summed E-state index contributed by atoms with van der Waals surface area (Å²) >= 11 is 6.13. The Labute approximate surface area is 166 Å². The zero-order valence-electron chi connectivity index (χ0n) is 14.6. The summed E-state index contributed by atoms with van der Waals surface area (Å²) < 4.78 is 50.6. The number of alkyl halides is 4. The Balaban J connectivity index is 1.88. The van der Waals surface area contributed by atoms with Crippen molar-refractivity contribution in [3.8, 4) is 17.1 Å². The molecule has 152 valence electrons. The number of hydrogen-bond acceptors (Lipinski definition) is 3. The van der Waals surface area contributed by atoms with Crippen molar-refractivity contribution in [2.24, 2.45) is 0 Å². The van der Waals surface area contributed by atoms with Gasteiger partial charge in [-0.05, 0) is 35.4 Å². The van der Waals surface area contributed by atoms with Gasteiger partial charge in [-0.2, -0.15) is 17.9 Å². The van der Waals surface area contributed by atoms with Crippen LogP contribution in [0.3, 0.4) is 0 Å². The summed E-state index contributed by atoms with van der Waals surface area (Å²) in [5.41, 5.74) is 0.833. The highest BCUT2D eigenvalue weighted by Gasteiger charge is 2.38. The number of benzene rings is 2. The Hall–Kier alpha value is -3.14. The second kappa shape index (κ2) is 8.08. The topological polar surface area (TPSA) is 79.8 Å². The van der Waals surface area contributed by atoms with Crippen LogP contribution in [-0.2, 0) is 18.0 Å². The van der Waals surface area contributed by atoms with Crippen LogP contribution in [0.15, 0.2) is 47.3 Å². The summed E-state index contributed by atoms with van der Waals surface area (Å²) in [5, 5.41) is 6.10. The molecule has 0 unspecified atom stereocenters. The summed E-state index contributed by atoms with van der Waals surface area (Å²) in [6, 6.07) is 10.3. The first kappa shape index (κ1) is 20.6.